The van der Waals surface area contributed by atoms with E-state index in [0.29, 0.717) is 33.9 Å². The van der Waals surface area contributed by atoms with E-state index in [2.05, 4.69) is 358 Å². The van der Waals surface area contributed by atoms with Gasteiger partial charge in [-0.25, -0.2) is 0 Å². The number of aromatic nitrogens is 4. The highest BCUT2D eigenvalue weighted by molar-refractivity contribution is 7.27. The van der Waals surface area contributed by atoms with Crippen molar-refractivity contribution in [3.63, 3.8) is 0 Å². The zero-order valence-electron chi connectivity index (χ0n) is 55.7. The third-order valence-corrected chi connectivity index (χ3v) is 24.3. The van der Waals surface area contributed by atoms with E-state index >= 15 is 0 Å². The molecule has 0 saturated heterocycles. The van der Waals surface area contributed by atoms with Gasteiger partial charge in [0, 0.05) is 74.0 Å². The van der Waals surface area contributed by atoms with Crippen LogP contribution in [-0.4, -0.2) is 18.3 Å². The molecule has 0 unspecified atom stereocenters. The van der Waals surface area contributed by atoms with Gasteiger partial charge in [0.25, 0.3) is 0 Å². The molecular formula is C96H54N6S2. The molecule has 0 saturated carbocycles. The van der Waals surface area contributed by atoms with Gasteiger partial charge >= 0.3 is 0 Å². The number of nitriles is 2. The number of para-hydroxylation sites is 4. The Labute approximate surface area is 603 Å². The van der Waals surface area contributed by atoms with Crippen molar-refractivity contribution in [1.29, 1.82) is 10.5 Å². The minimum absolute atomic E-state index is 0.393. The van der Waals surface area contributed by atoms with E-state index in [4.69, 9.17) is 0 Å². The number of fused-ring (bicyclic) bond motifs is 21. The molecule has 0 aliphatic heterocycles. The number of thiophene rings is 2. The lowest BCUT2D eigenvalue weighted by molar-refractivity contribution is 1.03. The molecule has 0 atom stereocenters. The molecule has 0 amide bonds. The van der Waals surface area contributed by atoms with Crippen LogP contribution in [0.15, 0.2) is 328 Å². The molecule has 0 N–H and O–H groups in total. The van der Waals surface area contributed by atoms with Gasteiger partial charge in [-0.15, -0.1) is 22.7 Å². The van der Waals surface area contributed by atoms with Gasteiger partial charge in [-0.2, -0.15) is 10.5 Å². The topological polar surface area (TPSA) is 67.3 Å². The van der Waals surface area contributed by atoms with E-state index in [1.807, 2.05) is 0 Å². The van der Waals surface area contributed by atoms with Crippen molar-refractivity contribution in [1.82, 2.24) is 18.3 Å². The summed E-state index contributed by atoms with van der Waals surface area (Å²) in [5.41, 5.74) is 19.1. The number of benzene rings is 16. The Bertz CT molecular complexity index is 7470. The predicted octanol–water partition coefficient (Wildman–Crippen LogP) is 26.4. The normalized spacial score (nSPS) is 12.0. The van der Waals surface area contributed by atoms with Crippen LogP contribution in [0.4, 0.5) is 0 Å². The first-order valence-electron chi connectivity index (χ1n) is 35.1. The summed E-state index contributed by atoms with van der Waals surface area (Å²) in [5, 5.41) is 42.4. The Balaban J connectivity index is 1.00. The number of rotatable bonds is 8. The lowest BCUT2D eigenvalue weighted by Crippen LogP contribution is -2.16. The summed E-state index contributed by atoms with van der Waals surface area (Å²) in [5.74, 6) is 0. The monoisotopic (exact) mass is 1350 g/mol. The molecule has 6 heterocycles. The molecule has 0 fully saturated rings. The lowest BCUT2D eigenvalue weighted by atomic mass is 9.89. The first-order valence-corrected chi connectivity index (χ1v) is 36.7. The summed E-state index contributed by atoms with van der Waals surface area (Å²) in [4.78, 5) is 0. The van der Waals surface area contributed by atoms with Gasteiger partial charge in [-0.1, -0.05) is 279 Å². The molecule has 16 aromatic carbocycles. The summed E-state index contributed by atoms with van der Waals surface area (Å²) < 4.78 is 13.9. The lowest BCUT2D eigenvalue weighted by Gasteiger charge is -2.27. The summed E-state index contributed by atoms with van der Waals surface area (Å²) in [6.07, 6.45) is 0. The molecule has 6 aromatic heterocycles. The maximum atomic E-state index is 13.7. The number of nitrogens with zero attached hydrogens (tertiary/aromatic N) is 6. The highest BCUT2D eigenvalue weighted by atomic mass is 32.1. The fraction of sp³-hybridized carbons (Fsp3) is 0. The molecule has 22 rings (SSSR count). The molecule has 0 radical (unpaired) electrons. The Hall–Kier alpha value is -13.6. The Morgan fingerprint density at radius 3 is 1.16 bits per heavy atom. The number of hydrogen-bond acceptors (Lipinski definition) is 4. The summed E-state index contributed by atoms with van der Waals surface area (Å²) in [6, 6.07) is 124. The Kier molecular flexibility index (Phi) is 12.6. The standard InChI is InChI=1S/C96H54N6S2/c97-55-78-90(100-82-43-18-12-35-68(82)69-36-13-19-44-83(69)100)92(102-85-54-59(62-30-7-6-28-60(62)57-24-2-1-3-25-57)48-49-70(85)74-50-51-75-71-37-14-20-46-86(71)103-95(75)93(74)102)79(56-98)89(99-80-41-16-10-33-66(80)67-34-11-17-42-81(67)99)91(78)101-84-45-23-40-73(65-32-9-8-31-64(65)63-39-22-27-58-26-4-5-29-61(58)63)88(84)77-53-52-76-72-38-15-21-47-87(72)104-96(76)94(77)101/h1-54H. The van der Waals surface area contributed by atoms with Gasteiger partial charge in [0.05, 0.1) is 76.3 Å². The maximum Gasteiger partial charge on any atom is 0.104 e. The molecule has 0 spiro atoms. The van der Waals surface area contributed by atoms with Crippen LogP contribution in [0.25, 0.3) is 206 Å². The third-order valence-electron chi connectivity index (χ3n) is 21.9. The summed E-state index contributed by atoms with van der Waals surface area (Å²) in [7, 11) is 0. The largest absolute Gasteiger partial charge is 0.306 e. The van der Waals surface area contributed by atoms with Crippen molar-refractivity contribution in [3.05, 3.63) is 339 Å². The van der Waals surface area contributed by atoms with Gasteiger partial charge in [-0.05, 0) is 104 Å². The Morgan fingerprint density at radius 2 is 0.596 bits per heavy atom. The van der Waals surface area contributed by atoms with Crippen LogP contribution >= 0.6 is 22.7 Å². The van der Waals surface area contributed by atoms with Crippen molar-refractivity contribution >= 4 is 161 Å². The molecule has 0 aliphatic rings. The zero-order valence-corrected chi connectivity index (χ0v) is 57.3. The number of hydrogen-bond donors (Lipinski definition) is 0. The van der Waals surface area contributed by atoms with E-state index < -0.39 is 0 Å². The van der Waals surface area contributed by atoms with Crippen molar-refractivity contribution in [2.45, 2.75) is 0 Å². The van der Waals surface area contributed by atoms with E-state index in [-0.39, 0.29) is 0 Å². The van der Waals surface area contributed by atoms with E-state index in [0.717, 1.165) is 172 Å². The van der Waals surface area contributed by atoms with E-state index in [1.54, 1.807) is 22.7 Å². The molecule has 104 heavy (non-hydrogen) atoms. The second-order valence-electron chi connectivity index (χ2n) is 27.1. The van der Waals surface area contributed by atoms with Crippen LogP contribution < -0.4 is 0 Å². The third kappa shape index (κ3) is 8.12. The highest BCUT2D eigenvalue weighted by Gasteiger charge is 2.36. The second-order valence-corrected chi connectivity index (χ2v) is 29.2. The van der Waals surface area contributed by atoms with Gasteiger partial charge in [0.2, 0.25) is 0 Å². The summed E-state index contributed by atoms with van der Waals surface area (Å²) >= 11 is 3.55. The molecule has 0 aliphatic carbocycles. The first kappa shape index (κ1) is 58.2. The predicted molar refractivity (Wildman–Crippen MR) is 438 cm³/mol. The van der Waals surface area contributed by atoms with Gasteiger partial charge < -0.3 is 18.3 Å². The average molecular weight is 1360 g/mol. The molecule has 0 bridgehead atoms. The van der Waals surface area contributed by atoms with Gasteiger partial charge in [0.1, 0.15) is 23.3 Å². The smallest absolute Gasteiger partial charge is 0.104 e. The SMILES string of the molecule is N#Cc1c(-n2c3ccccc3c3ccccc32)c(-n2c3cccc(-c4ccccc4-c4cccc5ccccc45)c3c3ccc4c5ccccc5sc4c32)c(C#N)c(-n2c3ccccc3c3ccccc32)c1-n1c2cc(-c3ccccc3-c3ccccc3)ccc2c2ccc3c4ccccc4sc3c21. The molecule has 8 heteroatoms. The maximum absolute atomic E-state index is 13.7. The Morgan fingerprint density at radius 1 is 0.231 bits per heavy atom. The van der Waals surface area contributed by atoms with Crippen LogP contribution in [0.2, 0.25) is 0 Å². The van der Waals surface area contributed by atoms with Gasteiger partial charge in [0.15, 0.2) is 0 Å². The van der Waals surface area contributed by atoms with Crippen molar-refractivity contribution in [2.75, 3.05) is 0 Å². The fourth-order valence-corrected chi connectivity index (χ4v) is 20.1. The minimum atomic E-state index is 0.393. The summed E-state index contributed by atoms with van der Waals surface area (Å²) in [6.45, 7) is 0. The van der Waals surface area contributed by atoms with Crippen LogP contribution in [-0.2, 0) is 0 Å². The average Bonchev–Trinajstić information content (AvgIpc) is 1.48. The van der Waals surface area contributed by atoms with E-state index in [9.17, 15) is 10.5 Å². The van der Waals surface area contributed by atoms with Gasteiger partial charge in [-0.3, -0.25) is 0 Å². The highest BCUT2D eigenvalue weighted by Crippen LogP contribution is 2.54. The fourth-order valence-electron chi connectivity index (χ4n) is 17.6. The first-order chi connectivity index (χ1) is 51.6. The molecular weight excluding hydrogens is 1300 g/mol. The van der Waals surface area contributed by atoms with Crippen LogP contribution in [0.5, 0.6) is 0 Å². The van der Waals surface area contributed by atoms with Crippen LogP contribution in [0, 0.1) is 22.7 Å². The van der Waals surface area contributed by atoms with Crippen molar-refractivity contribution in [2.24, 2.45) is 0 Å². The second kappa shape index (κ2) is 22.5. The molecule has 480 valence electrons. The minimum Gasteiger partial charge on any atom is -0.306 e. The van der Waals surface area contributed by atoms with Crippen molar-refractivity contribution in [3.8, 4) is 79.4 Å². The van der Waals surface area contributed by atoms with E-state index in [1.165, 1.54) is 10.8 Å². The van der Waals surface area contributed by atoms with Crippen molar-refractivity contribution < 1.29 is 0 Å². The molecule has 6 nitrogen and oxygen atoms in total. The molecule has 22 aromatic rings. The zero-order chi connectivity index (χ0) is 68.4. The van der Waals surface area contributed by atoms with Crippen LogP contribution in [0.1, 0.15) is 11.1 Å². The quantitative estimate of drug-likeness (QED) is 0.152. The van der Waals surface area contributed by atoms with Crippen LogP contribution in [0.3, 0.4) is 0 Å².